The van der Waals surface area contributed by atoms with E-state index in [0.29, 0.717) is 6.04 Å². The Bertz CT molecular complexity index is 356. The van der Waals surface area contributed by atoms with Crippen molar-refractivity contribution in [2.45, 2.75) is 51.5 Å². The number of nitrogens with one attached hydrogen (secondary N) is 1. The van der Waals surface area contributed by atoms with Crippen LogP contribution in [0.3, 0.4) is 0 Å². The van der Waals surface area contributed by atoms with E-state index in [1.54, 1.807) is 11.1 Å². The molecule has 1 N–H and O–H groups in total. The molecular weight excluding hydrogens is 194 g/mol. The number of aryl methyl sites for hydroxylation is 1. The molecule has 0 aliphatic heterocycles. The second kappa shape index (κ2) is 5.01. The zero-order valence-electron chi connectivity index (χ0n) is 10.7. The van der Waals surface area contributed by atoms with Crippen molar-refractivity contribution in [2.24, 2.45) is 0 Å². The Morgan fingerprint density at radius 2 is 2.06 bits per heavy atom. The minimum absolute atomic E-state index is 0.572. The molecule has 0 saturated heterocycles. The lowest BCUT2D eigenvalue weighted by molar-refractivity contribution is 0.459. The molecule has 0 heterocycles. The van der Waals surface area contributed by atoms with Gasteiger partial charge in [-0.15, -0.1) is 0 Å². The van der Waals surface area contributed by atoms with Gasteiger partial charge in [0, 0.05) is 6.04 Å². The van der Waals surface area contributed by atoms with Gasteiger partial charge in [0.1, 0.15) is 0 Å². The van der Waals surface area contributed by atoms with Gasteiger partial charge in [-0.25, -0.2) is 0 Å². The lowest BCUT2D eigenvalue weighted by Crippen LogP contribution is -2.23. The van der Waals surface area contributed by atoms with Crippen molar-refractivity contribution in [3.63, 3.8) is 0 Å². The Hall–Kier alpha value is -0.820. The maximum atomic E-state index is 3.45. The van der Waals surface area contributed by atoms with E-state index in [-0.39, 0.29) is 0 Å². The first kappa shape index (κ1) is 11.7. The average Bonchev–Trinajstić information content (AvgIpc) is 2.30. The Morgan fingerprint density at radius 3 is 2.75 bits per heavy atom. The van der Waals surface area contributed by atoms with E-state index in [9.17, 15) is 0 Å². The molecule has 2 rings (SSSR count). The SMILES string of the molecule is CCCc1ccc2c(c1)C(NC)CCC2C. The Morgan fingerprint density at radius 1 is 1.25 bits per heavy atom. The maximum absolute atomic E-state index is 3.45. The fourth-order valence-corrected chi connectivity index (χ4v) is 2.85. The van der Waals surface area contributed by atoms with Crippen molar-refractivity contribution in [3.8, 4) is 0 Å². The topological polar surface area (TPSA) is 12.0 Å². The first-order valence-corrected chi connectivity index (χ1v) is 6.56. The van der Waals surface area contributed by atoms with E-state index >= 15 is 0 Å². The van der Waals surface area contributed by atoms with Crippen LogP contribution in [-0.2, 0) is 6.42 Å². The zero-order chi connectivity index (χ0) is 11.5. The summed E-state index contributed by atoms with van der Waals surface area (Å²) in [4.78, 5) is 0. The molecular formula is C15H23N. The van der Waals surface area contributed by atoms with Gasteiger partial charge in [-0.3, -0.25) is 0 Å². The largest absolute Gasteiger partial charge is 0.313 e. The van der Waals surface area contributed by atoms with E-state index < -0.39 is 0 Å². The van der Waals surface area contributed by atoms with Crippen LogP contribution in [0.2, 0.25) is 0 Å². The van der Waals surface area contributed by atoms with Gasteiger partial charge >= 0.3 is 0 Å². The molecule has 1 aliphatic rings. The van der Waals surface area contributed by atoms with E-state index in [4.69, 9.17) is 0 Å². The van der Waals surface area contributed by atoms with Crippen LogP contribution < -0.4 is 5.32 Å². The average molecular weight is 217 g/mol. The molecule has 0 amide bonds. The Labute approximate surface area is 99.3 Å². The quantitative estimate of drug-likeness (QED) is 0.812. The highest BCUT2D eigenvalue weighted by molar-refractivity contribution is 5.38. The van der Waals surface area contributed by atoms with E-state index in [2.05, 4.69) is 44.4 Å². The molecule has 1 nitrogen and oxygen atoms in total. The first-order valence-electron chi connectivity index (χ1n) is 6.56. The molecule has 0 bridgehead atoms. The van der Waals surface area contributed by atoms with E-state index in [1.807, 2.05) is 0 Å². The Balaban J connectivity index is 2.36. The molecule has 1 heteroatoms. The lowest BCUT2D eigenvalue weighted by Gasteiger charge is -2.30. The van der Waals surface area contributed by atoms with Gasteiger partial charge in [0.15, 0.2) is 0 Å². The molecule has 1 aromatic rings. The van der Waals surface area contributed by atoms with Gasteiger partial charge in [0.2, 0.25) is 0 Å². The number of hydrogen-bond acceptors (Lipinski definition) is 1. The predicted molar refractivity (Wildman–Crippen MR) is 69.9 cm³/mol. The summed E-state index contributed by atoms with van der Waals surface area (Å²) in [6.07, 6.45) is 5.03. The van der Waals surface area contributed by atoms with Crippen LogP contribution in [0, 0.1) is 0 Å². The van der Waals surface area contributed by atoms with Crippen molar-refractivity contribution < 1.29 is 0 Å². The molecule has 1 aromatic carbocycles. The van der Waals surface area contributed by atoms with Crippen LogP contribution in [0.15, 0.2) is 18.2 Å². The summed E-state index contributed by atoms with van der Waals surface area (Å²) in [5, 5.41) is 3.45. The molecule has 2 unspecified atom stereocenters. The van der Waals surface area contributed by atoms with E-state index in [0.717, 1.165) is 5.92 Å². The third kappa shape index (κ3) is 2.15. The van der Waals surface area contributed by atoms with Gasteiger partial charge in [-0.2, -0.15) is 0 Å². The highest BCUT2D eigenvalue weighted by Gasteiger charge is 2.23. The molecule has 1 aliphatic carbocycles. The zero-order valence-corrected chi connectivity index (χ0v) is 10.7. The summed E-state index contributed by atoms with van der Waals surface area (Å²) >= 11 is 0. The van der Waals surface area contributed by atoms with Crippen molar-refractivity contribution in [1.82, 2.24) is 5.32 Å². The second-order valence-electron chi connectivity index (χ2n) is 5.03. The normalized spacial score (nSPS) is 24.2. The van der Waals surface area contributed by atoms with Crippen LogP contribution in [0.25, 0.3) is 0 Å². The van der Waals surface area contributed by atoms with Crippen LogP contribution >= 0.6 is 0 Å². The first-order chi connectivity index (χ1) is 7.76. The predicted octanol–water partition coefficient (Wildman–Crippen LogP) is 3.80. The molecule has 2 atom stereocenters. The van der Waals surface area contributed by atoms with Gasteiger partial charge in [0.05, 0.1) is 0 Å². The Kier molecular flexibility index (Phi) is 3.65. The molecule has 0 saturated carbocycles. The van der Waals surface area contributed by atoms with Crippen molar-refractivity contribution in [3.05, 3.63) is 34.9 Å². The minimum Gasteiger partial charge on any atom is -0.313 e. The minimum atomic E-state index is 0.572. The highest BCUT2D eigenvalue weighted by atomic mass is 14.9. The van der Waals surface area contributed by atoms with E-state index in [1.165, 1.54) is 31.2 Å². The summed E-state index contributed by atoms with van der Waals surface area (Å²) in [6.45, 7) is 4.60. The van der Waals surface area contributed by atoms with Gasteiger partial charge in [0.25, 0.3) is 0 Å². The van der Waals surface area contributed by atoms with Crippen LogP contribution in [0.1, 0.15) is 61.8 Å². The molecule has 88 valence electrons. The summed E-state index contributed by atoms with van der Waals surface area (Å²) in [5.74, 6) is 0.732. The van der Waals surface area contributed by atoms with Crippen molar-refractivity contribution >= 4 is 0 Å². The summed E-state index contributed by atoms with van der Waals surface area (Å²) in [6, 6.07) is 7.67. The number of fused-ring (bicyclic) bond motifs is 1. The van der Waals surface area contributed by atoms with Crippen LogP contribution in [0.5, 0.6) is 0 Å². The number of rotatable bonds is 3. The van der Waals surface area contributed by atoms with Crippen molar-refractivity contribution in [1.29, 1.82) is 0 Å². The third-order valence-electron chi connectivity index (χ3n) is 3.83. The van der Waals surface area contributed by atoms with Crippen LogP contribution in [0.4, 0.5) is 0 Å². The smallest absolute Gasteiger partial charge is 0.0320 e. The molecule has 0 fully saturated rings. The van der Waals surface area contributed by atoms with Gasteiger partial charge in [-0.05, 0) is 48.9 Å². The monoisotopic (exact) mass is 217 g/mol. The van der Waals surface area contributed by atoms with Gasteiger partial charge < -0.3 is 5.32 Å². The second-order valence-corrected chi connectivity index (χ2v) is 5.03. The third-order valence-corrected chi connectivity index (χ3v) is 3.83. The molecule has 0 radical (unpaired) electrons. The fraction of sp³-hybridized carbons (Fsp3) is 0.600. The number of hydrogen-bond donors (Lipinski definition) is 1. The molecule has 16 heavy (non-hydrogen) atoms. The molecule has 0 aromatic heterocycles. The lowest BCUT2D eigenvalue weighted by atomic mass is 9.80. The number of benzene rings is 1. The van der Waals surface area contributed by atoms with Gasteiger partial charge in [-0.1, -0.05) is 38.5 Å². The summed E-state index contributed by atoms with van der Waals surface area (Å²) < 4.78 is 0. The van der Waals surface area contributed by atoms with Crippen LogP contribution in [-0.4, -0.2) is 7.05 Å². The van der Waals surface area contributed by atoms with Crippen molar-refractivity contribution in [2.75, 3.05) is 7.05 Å². The molecule has 0 spiro atoms. The highest BCUT2D eigenvalue weighted by Crippen LogP contribution is 2.37. The summed E-state index contributed by atoms with van der Waals surface area (Å²) in [5.41, 5.74) is 4.60. The fourth-order valence-electron chi connectivity index (χ4n) is 2.85. The standard InChI is InChI=1S/C15H23N/c1-4-5-12-7-8-13-11(2)6-9-15(16-3)14(13)10-12/h7-8,10-11,15-16H,4-6,9H2,1-3H3. The maximum Gasteiger partial charge on any atom is 0.0320 e. The summed E-state index contributed by atoms with van der Waals surface area (Å²) in [7, 11) is 2.08.